The van der Waals surface area contributed by atoms with Crippen LogP contribution in [0.1, 0.15) is 24.2 Å². The molecule has 6 nitrogen and oxygen atoms in total. The van der Waals surface area contributed by atoms with Gasteiger partial charge in [-0.05, 0) is 37.8 Å². The first kappa shape index (κ1) is 16.5. The molecule has 0 unspecified atom stereocenters. The molecule has 7 heteroatoms. The van der Waals surface area contributed by atoms with Crippen molar-refractivity contribution in [3.05, 3.63) is 46.7 Å². The van der Waals surface area contributed by atoms with Gasteiger partial charge in [0, 0.05) is 23.7 Å². The third kappa shape index (κ3) is 3.59. The quantitative estimate of drug-likeness (QED) is 0.866. The van der Waals surface area contributed by atoms with Crippen molar-refractivity contribution in [2.24, 2.45) is 0 Å². The van der Waals surface area contributed by atoms with Crippen LogP contribution in [0.15, 0.2) is 34.9 Å². The number of benzene rings is 1. The molecule has 0 aliphatic carbocycles. The fourth-order valence-electron chi connectivity index (χ4n) is 2.96. The highest BCUT2D eigenvalue weighted by Gasteiger charge is 2.33. The molecule has 2 amide bonds. The van der Waals surface area contributed by atoms with Gasteiger partial charge in [0.2, 0.25) is 0 Å². The number of aryl methyl sites for hydroxylation is 1. The summed E-state index contributed by atoms with van der Waals surface area (Å²) >= 11 is 6.20. The molecule has 1 aliphatic rings. The molecule has 2 heterocycles. The number of hydrogen-bond acceptors (Lipinski definition) is 4. The highest BCUT2D eigenvalue weighted by Crippen LogP contribution is 2.25. The number of amides is 2. The van der Waals surface area contributed by atoms with Crippen molar-refractivity contribution in [2.45, 2.75) is 32.2 Å². The van der Waals surface area contributed by atoms with Gasteiger partial charge in [-0.1, -0.05) is 35.0 Å². The Labute approximate surface area is 144 Å². The fourth-order valence-corrected chi connectivity index (χ4v) is 3.17. The number of anilines is 1. The van der Waals surface area contributed by atoms with E-state index in [0.717, 1.165) is 18.4 Å². The van der Waals surface area contributed by atoms with E-state index in [2.05, 4.69) is 10.5 Å². The minimum atomic E-state index is -0.700. The van der Waals surface area contributed by atoms with Crippen LogP contribution in [0.25, 0.3) is 0 Å². The van der Waals surface area contributed by atoms with Crippen LogP contribution < -0.4 is 5.32 Å². The van der Waals surface area contributed by atoms with Crippen LogP contribution in [0.3, 0.4) is 0 Å². The van der Waals surface area contributed by atoms with E-state index in [0.29, 0.717) is 23.7 Å². The van der Waals surface area contributed by atoms with Crippen molar-refractivity contribution in [3.8, 4) is 0 Å². The van der Waals surface area contributed by atoms with Gasteiger partial charge in [0.05, 0.1) is 0 Å². The number of halogens is 1. The van der Waals surface area contributed by atoms with Gasteiger partial charge in [-0.25, -0.2) is 0 Å². The predicted octanol–water partition coefficient (Wildman–Crippen LogP) is 2.81. The van der Waals surface area contributed by atoms with Crippen LogP contribution in [-0.2, 0) is 16.0 Å². The SMILES string of the molecule is Cc1cc(NC(=O)C(=O)N2CCC[C@H]2Cc2ccccc2Cl)no1. The summed E-state index contributed by atoms with van der Waals surface area (Å²) in [6, 6.07) is 9.11. The maximum Gasteiger partial charge on any atom is 0.315 e. The Kier molecular flexibility index (Phi) is 4.85. The summed E-state index contributed by atoms with van der Waals surface area (Å²) in [7, 11) is 0. The lowest BCUT2D eigenvalue weighted by Crippen LogP contribution is -2.43. The van der Waals surface area contributed by atoms with Gasteiger partial charge in [0.25, 0.3) is 0 Å². The Morgan fingerprint density at radius 2 is 2.21 bits per heavy atom. The van der Waals surface area contributed by atoms with Crippen LogP contribution in [0.4, 0.5) is 5.82 Å². The summed E-state index contributed by atoms with van der Waals surface area (Å²) < 4.78 is 4.88. The van der Waals surface area contributed by atoms with Gasteiger partial charge >= 0.3 is 11.8 Å². The van der Waals surface area contributed by atoms with Gasteiger partial charge < -0.3 is 9.42 Å². The summed E-state index contributed by atoms with van der Waals surface area (Å²) in [5.41, 5.74) is 0.983. The lowest BCUT2D eigenvalue weighted by molar-refractivity contribution is -0.143. The molecule has 1 aliphatic heterocycles. The second-order valence-electron chi connectivity index (χ2n) is 5.87. The number of nitrogens with zero attached hydrogens (tertiary/aromatic N) is 2. The van der Waals surface area contributed by atoms with Crippen molar-refractivity contribution in [2.75, 3.05) is 11.9 Å². The summed E-state index contributed by atoms with van der Waals surface area (Å²) in [6.07, 6.45) is 2.37. The smallest absolute Gasteiger partial charge is 0.315 e. The highest BCUT2D eigenvalue weighted by molar-refractivity contribution is 6.39. The summed E-state index contributed by atoms with van der Waals surface area (Å²) in [6.45, 7) is 2.28. The monoisotopic (exact) mass is 347 g/mol. The van der Waals surface area contributed by atoms with Crippen LogP contribution in [-0.4, -0.2) is 34.5 Å². The molecule has 0 bridgehead atoms. The Hall–Kier alpha value is -2.34. The zero-order valence-corrected chi connectivity index (χ0v) is 14.0. The number of hydrogen-bond donors (Lipinski definition) is 1. The van der Waals surface area contributed by atoms with E-state index >= 15 is 0 Å². The van der Waals surface area contributed by atoms with E-state index in [4.69, 9.17) is 16.1 Å². The summed E-state index contributed by atoms with van der Waals surface area (Å²) in [4.78, 5) is 26.2. The molecule has 0 saturated carbocycles. The molecule has 1 atom stereocenters. The molecule has 0 spiro atoms. The number of nitrogens with one attached hydrogen (secondary N) is 1. The second-order valence-corrected chi connectivity index (χ2v) is 6.27. The molecule has 126 valence electrons. The van der Waals surface area contributed by atoms with E-state index in [1.807, 2.05) is 24.3 Å². The van der Waals surface area contributed by atoms with Crippen molar-refractivity contribution < 1.29 is 14.1 Å². The van der Waals surface area contributed by atoms with Crippen molar-refractivity contribution in [1.29, 1.82) is 0 Å². The van der Waals surface area contributed by atoms with Crippen molar-refractivity contribution in [3.63, 3.8) is 0 Å². The van der Waals surface area contributed by atoms with Crippen molar-refractivity contribution >= 4 is 29.2 Å². The normalized spacial score (nSPS) is 17.1. The second kappa shape index (κ2) is 7.05. The lowest BCUT2D eigenvalue weighted by atomic mass is 10.0. The van der Waals surface area contributed by atoms with E-state index in [1.54, 1.807) is 17.9 Å². The fraction of sp³-hybridized carbons (Fsp3) is 0.353. The average molecular weight is 348 g/mol. The molecule has 1 aromatic heterocycles. The van der Waals surface area contributed by atoms with E-state index in [-0.39, 0.29) is 11.9 Å². The topological polar surface area (TPSA) is 75.4 Å². The number of carbonyl (C=O) groups is 2. The third-order valence-corrected chi connectivity index (χ3v) is 4.48. The van der Waals surface area contributed by atoms with Crippen LogP contribution >= 0.6 is 11.6 Å². The van der Waals surface area contributed by atoms with Crippen LogP contribution in [0, 0.1) is 6.92 Å². The average Bonchev–Trinajstić information content (AvgIpc) is 3.18. The number of likely N-dealkylation sites (tertiary alicyclic amines) is 1. The zero-order chi connectivity index (χ0) is 17.1. The molecule has 24 heavy (non-hydrogen) atoms. The first-order valence-electron chi connectivity index (χ1n) is 7.83. The number of carbonyl (C=O) groups excluding carboxylic acids is 2. The van der Waals surface area contributed by atoms with Gasteiger partial charge in [-0.2, -0.15) is 0 Å². The van der Waals surface area contributed by atoms with Crippen LogP contribution in [0.2, 0.25) is 5.02 Å². The molecule has 1 fully saturated rings. The highest BCUT2D eigenvalue weighted by atomic mass is 35.5. The van der Waals surface area contributed by atoms with Gasteiger partial charge in [0.15, 0.2) is 5.82 Å². The molecule has 0 radical (unpaired) electrons. The Morgan fingerprint density at radius 1 is 1.42 bits per heavy atom. The van der Waals surface area contributed by atoms with Gasteiger partial charge in [0.1, 0.15) is 5.76 Å². The molecule has 1 N–H and O–H groups in total. The third-order valence-electron chi connectivity index (χ3n) is 4.12. The van der Waals surface area contributed by atoms with E-state index in [9.17, 15) is 9.59 Å². The minimum absolute atomic E-state index is 0.0257. The Morgan fingerprint density at radius 3 is 2.92 bits per heavy atom. The largest absolute Gasteiger partial charge is 0.360 e. The number of rotatable bonds is 3. The maximum absolute atomic E-state index is 12.5. The first-order chi connectivity index (χ1) is 11.5. The zero-order valence-electron chi connectivity index (χ0n) is 13.3. The molecule has 1 saturated heterocycles. The van der Waals surface area contributed by atoms with Crippen molar-refractivity contribution in [1.82, 2.24) is 10.1 Å². The predicted molar refractivity (Wildman–Crippen MR) is 89.8 cm³/mol. The number of aromatic nitrogens is 1. The first-order valence-corrected chi connectivity index (χ1v) is 8.21. The molecular formula is C17H18ClN3O3. The van der Waals surface area contributed by atoms with Gasteiger partial charge in [-0.15, -0.1) is 0 Å². The standard InChI is InChI=1S/C17H18ClN3O3/c1-11-9-15(20-24-11)19-16(22)17(23)21-8-4-6-13(21)10-12-5-2-3-7-14(12)18/h2-3,5,7,9,13H,4,6,8,10H2,1H3,(H,19,20,22)/t13-/m0/s1. The Bertz CT molecular complexity index is 759. The summed E-state index contributed by atoms with van der Waals surface area (Å²) in [5, 5.41) is 6.82. The maximum atomic E-state index is 12.5. The van der Waals surface area contributed by atoms with Crippen LogP contribution in [0.5, 0.6) is 0 Å². The molecule has 2 aromatic rings. The molecule has 1 aromatic carbocycles. The lowest BCUT2D eigenvalue weighted by Gasteiger charge is -2.24. The Balaban J connectivity index is 1.67. The van der Waals surface area contributed by atoms with E-state index in [1.165, 1.54) is 0 Å². The molecule has 3 rings (SSSR count). The molecular weight excluding hydrogens is 330 g/mol. The minimum Gasteiger partial charge on any atom is -0.360 e. The van der Waals surface area contributed by atoms with Gasteiger partial charge in [-0.3, -0.25) is 14.9 Å². The summed E-state index contributed by atoms with van der Waals surface area (Å²) in [5.74, 6) is -0.442. The van der Waals surface area contributed by atoms with E-state index < -0.39 is 11.8 Å².